The van der Waals surface area contributed by atoms with Crippen LogP contribution in [0.4, 0.5) is 23.0 Å². The SMILES string of the molecule is Cc1cc(Nc2ncc3c(n2)OCN(c2c(Cl)cccc2Cl)C3=O)ccc1N1CCNCC1. The van der Waals surface area contributed by atoms with E-state index in [1.165, 1.54) is 22.3 Å². The number of rotatable bonds is 4. The highest BCUT2D eigenvalue weighted by Crippen LogP contribution is 2.37. The van der Waals surface area contributed by atoms with Gasteiger partial charge in [-0.1, -0.05) is 29.3 Å². The molecule has 0 unspecified atom stereocenters. The largest absolute Gasteiger partial charge is 0.455 e. The number of piperazine rings is 1. The van der Waals surface area contributed by atoms with Crippen molar-refractivity contribution in [3.63, 3.8) is 0 Å². The molecule has 2 N–H and O–H groups in total. The third-order valence-corrected chi connectivity index (χ3v) is 6.29. The van der Waals surface area contributed by atoms with E-state index in [1.807, 2.05) is 6.07 Å². The topological polar surface area (TPSA) is 82.6 Å². The summed E-state index contributed by atoms with van der Waals surface area (Å²) in [5.41, 5.74) is 3.89. The van der Waals surface area contributed by atoms with E-state index in [4.69, 9.17) is 27.9 Å². The molecule has 3 aromatic rings. The lowest BCUT2D eigenvalue weighted by atomic mass is 10.1. The van der Waals surface area contributed by atoms with Crippen LogP contribution in [-0.4, -0.2) is 48.8 Å². The average molecular weight is 485 g/mol. The third kappa shape index (κ3) is 4.29. The van der Waals surface area contributed by atoms with Gasteiger partial charge in [0.05, 0.1) is 15.7 Å². The number of aromatic nitrogens is 2. The highest BCUT2D eigenvalue weighted by molar-refractivity contribution is 6.40. The van der Waals surface area contributed by atoms with E-state index in [1.54, 1.807) is 18.2 Å². The smallest absolute Gasteiger partial charge is 0.268 e. The molecule has 10 heteroatoms. The van der Waals surface area contributed by atoms with Crippen LogP contribution >= 0.6 is 23.2 Å². The molecule has 0 aliphatic carbocycles. The van der Waals surface area contributed by atoms with Crippen LogP contribution in [0.3, 0.4) is 0 Å². The van der Waals surface area contributed by atoms with Crippen LogP contribution in [0.25, 0.3) is 0 Å². The maximum absolute atomic E-state index is 13.0. The minimum Gasteiger partial charge on any atom is -0.455 e. The zero-order chi connectivity index (χ0) is 22.9. The van der Waals surface area contributed by atoms with Gasteiger partial charge in [-0.05, 0) is 42.8 Å². The molecule has 2 aromatic carbocycles. The number of amides is 1. The van der Waals surface area contributed by atoms with Crippen LogP contribution in [0.1, 0.15) is 15.9 Å². The van der Waals surface area contributed by atoms with Gasteiger partial charge in [0.1, 0.15) is 5.56 Å². The van der Waals surface area contributed by atoms with E-state index in [0.29, 0.717) is 21.7 Å². The normalized spacial score (nSPS) is 15.8. The van der Waals surface area contributed by atoms with Gasteiger partial charge in [0.2, 0.25) is 11.8 Å². The van der Waals surface area contributed by atoms with Crippen molar-refractivity contribution in [3.05, 3.63) is 63.8 Å². The molecule has 1 saturated heterocycles. The highest BCUT2D eigenvalue weighted by Gasteiger charge is 2.31. The number of anilines is 4. The number of aryl methyl sites for hydroxylation is 1. The molecule has 8 nitrogen and oxygen atoms in total. The monoisotopic (exact) mass is 484 g/mol. The third-order valence-electron chi connectivity index (χ3n) is 5.68. The van der Waals surface area contributed by atoms with Gasteiger partial charge in [-0.15, -0.1) is 0 Å². The Morgan fingerprint density at radius 1 is 1.12 bits per heavy atom. The van der Waals surface area contributed by atoms with Gasteiger partial charge in [0.15, 0.2) is 6.73 Å². The Balaban J connectivity index is 1.35. The van der Waals surface area contributed by atoms with Crippen LogP contribution < -0.4 is 25.2 Å². The molecular weight excluding hydrogens is 463 g/mol. The predicted molar refractivity (Wildman–Crippen MR) is 130 cm³/mol. The lowest BCUT2D eigenvalue weighted by Crippen LogP contribution is -2.43. The molecule has 33 heavy (non-hydrogen) atoms. The first-order chi connectivity index (χ1) is 16.0. The van der Waals surface area contributed by atoms with Crippen molar-refractivity contribution in [2.45, 2.75) is 6.92 Å². The molecule has 2 aliphatic rings. The number of carbonyl (C=O) groups excluding carboxylic acids is 1. The van der Waals surface area contributed by atoms with E-state index >= 15 is 0 Å². The van der Waals surface area contributed by atoms with Gasteiger partial charge in [0.25, 0.3) is 5.91 Å². The van der Waals surface area contributed by atoms with E-state index in [0.717, 1.165) is 31.9 Å². The molecule has 0 spiro atoms. The number of hydrogen-bond donors (Lipinski definition) is 2. The second-order valence-corrected chi connectivity index (χ2v) is 8.67. The van der Waals surface area contributed by atoms with E-state index in [2.05, 4.69) is 44.6 Å². The first-order valence-electron chi connectivity index (χ1n) is 10.6. The van der Waals surface area contributed by atoms with Crippen molar-refractivity contribution >= 4 is 52.1 Å². The van der Waals surface area contributed by atoms with Crippen LogP contribution in [0.5, 0.6) is 5.88 Å². The molecule has 0 saturated carbocycles. The number of hydrogen-bond acceptors (Lipinski definition) is 7. The van der Waals surface area contributed by atoms with Crippen molar-refractivity contribution in [1.82, 2.24) is 15.3 Å². The summed E-state index contributed by atoms with van der Waals surface area (Å²) in [5, 5.41) is 7.30. The number of halogens is 2. The van der Waals surface area contributed by atoms with E-state index < -0.39 is 0 Å². The zero-order valence-electron chi connectivity index (χ0n) is 17.9. The molecular formula is C23H22Cl2N6O2. The molecule has 170 valence electrons. The fraction of sp³-hybridized carbons (Fsp3) is 0.261. The number of benzene rings is 2. The summed E-state index contributed by atoms with van der Waals surface area (Å²) in [4.78, 5) is 25.5. The standard InChI is InChI=1S/C23H22Cl2N6O2/c1-14-11-15(5-6-19(14)30-9-7-26-8-10-30)28-23-27-12-16-21(29-23)33-13-31(22(16)32)20-17(24)3-2-4-18(20)25/h2-6,11-12,26H,7-10,13H2,1H3,(H,27,28,29). The fourth-order valence-corrected chi connectivity index (χ4v) is 4.65. The first-order valence-corrected chi connectivity index (χ1v) is 11.4. The van der Waals surface area contributed by atoms with Crippen molar-refractivity contribution in [2.24, 2.45) is 0 Å². The van der Waals surface area contributed by atoms with E-state index in [9.17, 15) is 4.79 Å². The van der Waals surface area contributed by atoms with Crippen LogP contribution in [0.15, 0.2) is 42.6 Å². The second kappa shape index (κ2) is 9.05. The van der Waals surface area contributed by atoms with Gasteiger partial charge in [-0.3, -0.25) is 9.69 Å². The number of fused-ring (bicyclic) bond motifs is 1. The van der Waals surface area contributed by atoms with Crippen molar-refractivity contribution < 1.29 is 9.53 Å². The number of nitrogens with one attached hydrogen (secondary N) is 2. The van der Waals surface area contributed by atoms with Crippen molar-refractivity contribution in [1.29, 1.82) is 0 Å². The first kappa shape index (κ1) is 21.8. The molecule has 0 atom stereocenters. The zero-order valence-corrected chi connectivity index (χ0v) is 19.5. The van der Waals surface area contributed by atoms with Gasteiger partial charge in [0, 0.05) is 43.8 Å². The van der Waals surface area contributed by atoms with Crippen molar-refractivity contribution in [2.75, 3.05) is 48.0 Å². The van der Waals surface area contributed by atoms with Gasteiger partial charge in [-0.25, -0.2) is 4.98 Å². The van der Waals surface area contributed by atoms with Gasteiger partial charge in [-0.2, -0.15) is 4.98 Å². The number of para-hydroxylation sites is 1. The Kier molecular flexibility index (Phi) is 5.97. The summed E-state index contributed by atoms with van der Waals surface area (Å²) < 4.78 is 5.76. The lowest BCUT2D eigenvalue weighted by molar-refractivity contribution is 0.0932. The molecule has 0 bridgehead atoms. The number of carbonyl (C=O) groups is 1. The van der Waals surface area contributed by atoms with Crippen LogP contribution in [0.2, 0.25) is 10.0 Å². The molecule has 5 rings (SSSR count). The molecule has 1 aromatic heterocycles. The average Bonchev–Trinajstić information content (AvgIpc) is 2.81. The minimum absolute atomic E-state index is 0.0514. The van der Waals surface area contributed by atoms with E-state index in [-0.39, 0.29) is 24.1 Å². The Morgan fingerprint density at radius 2 is 1.88 bits per heavy atom. The Labute approximate surface area is 201 Å². The maximum atomic E-state index is 13.0. The summed E-state index contributed by atoms with van der Waals surface area (Å²) in [6, 6.07) is 11.2. The summed E-state index contributed by atoms with van der Waals surface area (Å²) >= 11 is 12.5. The Morgan fingerprint density at radius 3 is 2.61 bits per heavy atom. The predicted octanol–water partition coefficient (Wildman–Crippen LogP) is 4.24. The molecule has 3 heterocycles. The summed E-state index contributed by atoms with van der Waals surface area (Å²) in [6.45, 7) is 5.99. The molecule has 2 aliphatic heterocycles. The van der Waals surface area contributed by atoms with Crippen molar-refractivity contribution in [3.8, 4) is 5.88 Å². The second-order valence-electron chi connectivity index (χ2n) is 7.85. The fourth-order valence-electron chi connectivity index (χ4n) is 4.05. The van der Waals surface area contributed by atoms with Gasteiger partial charge < -0.3 is 20.3 Å². The van der Waals surface area contributed by atoms with Crippen LogP contribution in [-0.2, 0) is 0 Å². The number of nitrogens with zero attached hydrogens (tertiary/aromatic N) is 4. The summed E-state index contributed by atoms with van der Waals surface area (Å²) in [5.74, 6) is 0.236. The van der Waals surface area contributed by atoms with Crippen LogP contribution in [0, 0.1) is 6.92 Å². The summed E-state index contributed by atoms with van der Waals surface area (Å²) in [7, 11) is 0. The molecule has 1 fully saturated rings. The highest BCUT2D eigenvalue weighted by atomic mass is 35.5. The number of ether oxygens (including phenoxy) is 1. The maximum Gasteiger partial charge on any atom is 0.268 e. The van der Waals surface area contributed by atoms with Gasteiger partial charge >= 0.3 is 0 Å². The Hall–Kier alpha value is -3.07. The molecule has 1 amide bonds. The quantitative estimate of drug-likeness (QED) is 0.572. The minimum atomic E-state index is -0.325. The lowest BCUT2D eigenvalue weighted by Gasteiger charge is -2.31. The Bertz CT molecular complexity index is 1200. The summed E-state index contributed by atoms with van der Waals surface area (Å²) in [6.07, 6.45) is 1.45. The molecule has 0 radical (unpaired) electrons.